The van der Waals surface area contributed by atoms with E-state index in [1.807, 2.05) is 60.7 Å². The quantitative estimate of drug-likeness (QED) is 0.599. The van der Waals surface area contributed by atoms with Crippen LogP contribution in [0, 0.1) is 0 Å². The smallest absolute Gasteiger partial charge is 0.290 e. The number of aliphatic hydroxyl groups excluding tert-OH is 1. The number of carbonyl (C=O) groups excluding carboxylic acids is 1. The van der Waals surface area contributed by atoms with Gasteiger partial charge in [-0.05, 0) is 53.1 Å². The maximum Gasteiger partial charge on any atom is 0.290 e. The highest BCUT2D eigenvalue weighted by atomic mass is 79.9. The van der Waals surface area contributed by atoms with Crippen molar-refractivity contribution in [3.63, 3.8) is 0 Å². The van der Waals surface area contributed by atoms with Crippen LogP contribution in [0.2, 0.25) is 0 Å². The lowest BCUT2D eigenvalue weighted by molar-refractivity contribution is -0.130. The zero-order valence-corrected chi connectivity index (χ0v) is 17.3. The van der Waals surface area contributed by atoms with Crippen LogP contribution in [-0.2, 0) is 11.3 Å². The molecular formula is C23H19BrN2O3. The topological polar surface area (TPSA) is 62.7 Å². The number of methoxy groups -OCH3 is 1. The zero-order chi connectivity index (χ0) is 20.4. The third-order valence-electron chi connectivity index (χ3n) is 4.97. The average Bonchev–Trinajstić information content (AvgIpc) is 2.99. The minimum atomic E-state index is -0.415. The molecule has 146 valence electrons. The molecule has 1 atom stereocenters. The number of pyridine rings is 1. The predicted molar refractivity (Wildman–Crippen MR) is 114 cm³/mol. The number of hydrogen-bond acceptors (Lipinski definition) is 4. The standard InChI is InChI=1S/C23H19BrN2O3/c1-29-19-7-5-16(6-8-19)20-21(17-3-2-4-18(24)13-17)26(23(28)22(20)27)14-15-9-11-25-12-10-15/h2-13,21,27H,14H2,1H3. The molecule has 29 heavy (non-hydrogen) atoms. The second kappa shape index (κ2) is 8.09. The minimum Gasteiger partial charge on any atom is -0.503 e. The van der Waals surface area contributed by atoms with E-state index in [9.17, 15) is 9.90 Å². The molecule has 0 radical (unpaired) electrons. The van der Waals surface area contributed by atoms with E-state index in [0.717, 1.165) is 21.2 Å². The summed E-state index contributed by atoms with van der Waals surface area (Å²) in [5.41, 5.74) is 3.22. The van der Waals surface area contributed by atoms with Crippen LogP contribution in [0.15, 0.2) is 83.3 Å². The molecule has 0 fully saturated rings. The second-order valence-corrected chi connectivity index (χ2v) is 7.65. The molecule has 0 bridgehead atoms. The lowest BCUT2D eigenvalue weighted by Gasteiger charge is -2.27. The first-order valence-corrected chi connectivity index (χ1v) is 9.90. The van der Waals surface area contributed by atoms with Crippen LogP contribution >= 0.6 is 15.9 Å². The van der Waals surface area contributed by atoms with Gasteiger partial charge in [-0.1, -0.05) is 40.2 Å². The van der Waals surface area contributed by atoms with Gasteiger partial charge in [0.05, 0.1) is 13.2 Å². The Morgan fingerprint density at radius 3 is 2.48 bits per heavy atom. The van der Waals surface area contributed by atoms with Gasteiger partial charge in [0, 0.05) is 29.0 Å². The Kier molecular flexibility index (Phi) is 5.36. The van der Waals surface area contributed by atoms with Gasteiger partial charge in [-0.15, -0.1) is 0 Å². The van der Waals surface area contributed by atoms with E-state index in [1.54, 1.807) is 24.4 Å². The van der Waals surface area contributed by atoms with E-state index < -0.39 is 11.9 Å². The van der Waals surface area contributed by atoms with E-state index in [1.165, 1.54) is 0 Å². The first-order chi connectivity index (χ1) is 14.1. The van der Waals surface area contributed by atoms with Gasteiger partial charge >= 0.3 is 0 Å². The molecule has 0 aliphatic carbocycles. The van der Waals surface area contributed by atoms with Crippen LogP contribution in [0.5, 0.6) is 5.75 Å². The van der Waals surface area contributed by atoms with E-state index in [2.05, 4.69) is 20.9 Å². The molecule has 3 aromatic rings. The van der Waals surface area contributed by atoms with Crippen molar-refractivity contribution >= 4 is 27.4 Å². The molecule has 6 heteroatoms. The van der Waals surface area contributed by atoms with Crippen molar-refractivity contribution in [3.8, 4) is 5.75 Å². The third kappa shape index (κ3) is 3.76. The summed E-state index contributed by atoms with van der Waals surface area (Å²) >= 11 is 3.51. The Labute approximate surface area is 177 Å². The number of ether oxygens (including phenoxy) is 1. The Hall–Kier alpha value is -3.12. The second-order valence-electron chi connectivity index (χ2n) is 6.74. The molecule has 5 nitrogen and oxygen atoms in total. The highest BCUT2D eigenvalue weighted by Gasteiger charge is 2.41. The molecule has 1 N–H and O–H groups in total. The minimum absolute atomic E-state index is 0.228. The monoisotopic (exact) mass is 450 g/mol. The highest BCUT2D eigenvalue weighted by Crippen LogP contribution is 2.44. The van der Waals surface area contributed by atoms with Gasteiger partial charge in [0.2, 0.25) is 0 Å². The SMILES string of the molecule is COc1ccc(C2=C(O)C(=O)N(Cc3ccncc3)C2c2cccc(Br)c2)cc1. The number of aliphatic hydroxyl groups is 1. The Balaban J connectivity index is 1.81. The Morgan fingerprint density at radius 2 is 1.83 bits per heavy atom. The summed E-state index contributed by atoms with van der Waals surface area (Å²) < 4.78 is 6.15. The van der Waals surface area contributed by atoms with Crippen LogP contribution < -0.4 is 4.74 Å². The number of aromatic nitrogens is 1. The molecule has 1 amide bonds. The van der Waals surface area contributed by atoms with Gasteiger partial charge in [0.1, 0.15) is 5.75 Å². The average molecular weight is 451 g/mol. The largest absolute Gasteiger partial charge is 0.503 e. The van der Waals surface area contributed by atoms with Gasteiger partial charge in [-0.25, -0.2) is 0 Å². The maximum atomic E-state index is 13.1. The first kappa shape index (κ1) is 19.2. The van der Waals surface area contributed by atoms with E-state index in [0.29, 0.717) is 17.9 Å². The van der Waals surface area contributed by atoms with Gasteiger partial charge in [0.15, 0.2) is 5.76 Å². The van der Waals surface area contributed by atoms with Crippen LogP contribution in [0.1, 0.15) is 22.7 Å². The number of halogens is 1. The van der Waals surface area contributed by atoms with E-state index in [4.69, 9.17) is 4.74 Å². The fourth-order valence-electron chi connectivity index (χ4n) is 3.59. The first-order valence-electron chi connectivity index (χ1n) is 9.11. The van der Waals surface area contributed by atoms with E-state index in [-0.39, 0.29) is 5.76 Å². The molecule has 1 aliphatic heterocycles. The van der Waals surface area contributed by atoms with Gasteiger partial charge < -0.3 is 14.7 Å². The zero-order valence-electron chi connectivity index (χ0n) is 15.7. The molecule has 0 saturated carbocycles. The number of hydrogen-bond donors (Lipinski definition) is 1. The van der Waals surface area contributed by atoms with Crippen LogP contribution in [0.25, 0.3) is 5.57 Å². The fourth-order valence-corrected chi connectivity index (χ4v) is 4.01. The summed E-state index contributed by atoms with van der Waals surface area (Å²) in [4.78, 5) is 18.8. The summed E-state index contributed by atoms with van der Waals surface area (Å²) in [6, 6.07) is 18.5. The van der Waals surface area contributed by atoms with Crippen LogP contribution in [-0.4, -0.2) is 28.0 Å². The lowest BCUT2D eigenvalue weighted by Crippen LogP contribution is -2.29. The molecule has 0 spiro atoms. The third-order valence-corrected chi connectivity index (χ3v) is 5.46. The summed E-state index contributed by atoms with van der Waals surface area (Å²) in [7, 11) is 1.60. The molecule has 2 heterocycles. The van der Waals surface area contributed by atoms with Crippen molar-refractivity contribution < 1.29 is 14.6 Å². The normalized spacial score (nSPS) is 16.4. The summed E-state index contributed by atoms with van der Waals surface area (Å²) in [5.74, 6) is 0.0950. The Bertz CT molecular complexity index is 1060. The van der Waals surface area contributed by atoms with Crippen LogP contribution in [0.3, 0.4) is 0 Å². The molecule has 0 saturated heterocycles. The molecule has 1 aromatic heterocycles. The summed E-state index contributed by atoms with van der Waals surface area (Å²) in [6.45, 7) is 0.363. The Morgan fingerprint density at radius 1 is 1.10 bits per heavy atom. The van der Waals surface area contributed by atoms with Crippen molar-refractivity contribution in [2.45, 2.75) is 12.6 Å². The summed E-state index contributed by atoms with van der Waals surface area (Å²) in [5, 5.41) is 10.8. The van der Waals surface area contributed by atoms with Crippen LogP contribution in [0.4, 0.5) is 0 Å². The number of nitrogens with zero attached hydrogens (tertiary/aromatic N) is 2. The lowest BCUT2D eigenvalue weighted by atomic mass is 9.93. The van der Waals surface area contributed by atoms with Crippen molar-refractivity contribution in [1.82, 2.24) is 9.88 Å². The molecular weight excluding hydrogens is 432 g/mol. The van der Waals surface area contributed by atoms with Gasteiger partial charge in [-0.2, -0.15) is 0 Å². The molecule has 1 unspecified atom stereocenters. The fraction of sp³-hybridized carbons (Fsp3) is 0.130. The maximum absolute atomic E-state index is 13.1. The molecule has 4 rings (SSSR count). The molecule has 1 aliphatic rings. The van der Waals surface area contributed by atoms with Crippen molar-refractivity contribution in [2.75, 3.05) is 7.11 Å². The van der Waals surface area contributed by atoms with Crippen molar-refractivity contribution in [3.05, 3.63) is 100.0 Å². The summed E-state index contributed by atoms with van der Waals surface area (Å²) in [6.07, 6.45) is 3.39. The van der Waals surface area contributed by atoms with E-state index >= 15 is 0 Å². The number of carbonyl (C=O) groups is 1. The van der Waals surface area contributed by atoms with Gasteiger partial charge in [0.25, 0.3) is 5.91 Å². The van der Waals surface area contributed by atoms with Crippen molar-refractivity contribution in [2.24, 2.45) is 0 Å². The number of benzene rings is 2. The highest BCUT2D eigenvalue weighted by molar-refractivity contribution is 9.10. The number of rotatable bonds is 5. The predicted octanol–water partition coefficient (Wildman–Crippen LogP) is 4.91. The number of amides is 1. The van der Waals surface area contributed by atoms with Crippen molar-refractivity contribution in [1.29, 1.82) is 0 Å². The molecule has 2 aromatic carbocycles. The van der Waals surface area contributed by atoms with Gasteiger partial charge in [-0.3, -0.25) is 9.78 Å².